The lowest BCUT2D eigenvalue weighted by Gasteiger charge is -2.26. The SMILES string of the molecule is CCc1ccccc1N(CC(=O)NCc1ccc(CN2CCCC2)cc1)S(=O)(=O)c1ccccc1. The summed E-state index contributed by atoms with van der Waals surface area (Å²) in [5.74, 6) is -0.350. The summed E-state index contributed by atoms with van der Waals surface area (Å²) in [4.78, 5) is 15.6. The fourth-order valence-corrected chi connectivity index (χ4v) is 5.90. The fraction of sp³-hybridized carbons (Fsp3) is 0.321. The minimum atomic E-state index is -3.91. The van der Waals surface area contributed by atoms with E-state index in [0.29, 0.717) is 18.7 Å². The molecule has 35 heavy (non-hydrogen) atoms. The van der Waals surface area contributed by atoms with Crippen LogP contribution in [0.15, 0.2) is 83.8 Å². The average molecular weight is 492 g/mol. The second kappa shape index (κ2) is 11.5. The number of sulfonamides is 1. The number of hydrogen-bond acceptors (Lipinski definition) is 4. The molecule has 3 aromatic rings. The molecule has 6 nitrogen and oxygen atoms in total. The van der Waals surface area contributed by atoms with E-state index in [1.807, 2.05) is 31.2 Å². The Morgan fingerprint density at radius 2 is 1.51 bits per heavy atom. The van der Waals surface area contributed by atoms with Crippen molar-refractivity contribution in [3.8, 4) is 0 Å². The van der Waals surface area contributed by atoms with Crippen molar-refractivity contribution in [1.82, 2.24) is 10.2 Å². The number of hydrogen-bond donors (Lipinski definition) is 1. The number of aryl methyl sites for hydroxylation is 1. The van der Waals surface area contributed by atoms with Gasteiger partial charge in [-0.25, -0.2) is 8.42 Å². The Kier molecular flexibility index (Phi) is 8.21. The zero-order valence-corrected chi connectivity index (χ0v) is 21.0. The molecule has 1 N–H and O–H groups in total. The summed E-state index contributed by atoms with van der Waals surface area (Å²) in [5, 5.41) is 2.90. The van der Waals surface area contributed by atoms with Gasteiger partial charge >= 0.3 is 0 Å². The topological polar surface area (TPSA) is 69.7 Å². The highest BCUT2D eigenvalue weighted by molar-refractivity contribution is 7.92. The Balaban J connectivity index is 1.46. The normalized spacial score (nSPS) is 14.1. The van der Waals surface area contributed by atoms with Crippen LogP contribution in [0.5, 0.6) is 0 Å². The van der Waals surface area contributed by atoms with Crippen molar-refractivity contribution < 1.29 is 13.2 Å². The molecule has 0 radical (unpaired) electrons. The molecule has 1 saturated heterocycles. The van der Waals surface area contributed by atoms with E-state index in [1.54, 1.807) is 42.5 Å². The van der Waals surface area contributed by atoms with Crippen molar-refractivity contribution in [3.63, 3.8) is 0 Å². The average Bonchev–Trinajstić information content (AvgIpc) is 3.40. The van der Waals surface area contributed by atoms with Gasteiger partial charge in [-0.2, -0.15) is 0 Å². The van der Waals surface area contributed by atoms with Crippen LogP contribution in [0, 0.1) is 0 Å². The van der Waals surface area contributed by atoms with Crippen LogP contribution < -0.4 is 9.62 Å². The molecule has 0 spiro atoms. The first kappa shape index (κ1) is 24.9. The van der Waals surface area contributed by atoms with Gasteiger partial charge in [-0.05, 0) is 67.2 Å². The van der Waals surface area contributed by atoms with Gasteiger partial charge in [0.1, 0.15) is 6.54 Å². The van der Waals surface area contributed by atoms with Crippen molar-refractivity contribution in [2.24, 2.45) is 0 Å². The molecule has 1 aliphatic rings. The molecule has 0 unspecified atom stereocenters. The summed E-state index contributed by atoms with van der Waals surface area (Å²) >= 11 is 0. The van der Waals surface area contributed by atoms with Crippen LogP contribution in [0.4, 0.5) is 5.69 Å². The molecule has 4 rings (SSSR count). The van der Waals surface area contributed by atoms with Crippen LogP contribution in [0.2, 0.25) is 0 Å². The molecular weight excluding hydrogens is 458 g/mol. The largest absolute Gasteiger partial charge is 0.350 e. The first-order valence-electron chi connectivity index (χ1n) is 12.2. The molecule has 0 aliphatic carbocycles. The molecule has 3 aromatic carbocycles. The summed E-state index contributed by atoms with van der Waals surface area (Å²) in [7, 11) is -3.91. The van der Waals surface area contributed by atoms with E-state index in [-0.39, 0.29) is 17.3 Å². The maximum absolute atomic E-state index is 13.5. The number of anilines is 1. The molecule has 1 heterocycles. The summed E-state index contributed by atoms with van der Waals surface area (Å²) in [5.41, 5.74) is 3.64. The lowest BCUT2D eigenvalue weighted by Crippen LogP contribution is -2.41. The minimum Gasteiger partial charge on any atom is -0.350 e. The molecule has 7 heteroatoms. The molecule has 0 bridgehead atoms. The highest BCUT2D eigenvalue weighted by atomic mass is 32.2. The first-order valence-corrected chi connectivity index (χ1v) is 13.6. The van der Waals surface area contributed by atoms with Gasteiger partial charge < -0.3 is 5.32 Å². The van der Waals surface area contributed by atoms with Gasteiger partial charge in [0.15, 0.2) is 0 Å². The van der Waals surface area contributed by atoms with E-state index >= 15 is 0 Å². The number of nitrogens with zero attached hydrogens (tertiary/aromatic N) is 2. The highest BCUT2D eigenvalue weighted by Gasteiger charge is 2.28. The molecule has 1 fully saturated rings. The predicted molar refractivity (Wildman–Crippen MR) is 140 cm³/mol. The monoisotopic (exact) mass is 491 g/mol. The quantitative estimate of drug-likeness (QED) is 0.458. The van der Waals surface area contributed by atoms with Crippen LogP contribution in [0.3, 0.4) is 0 Å². The van der Waals surface area contributed by atoms with E-state index in [1.165, 1.54) is 22.7 Å². The number of likely N-dealkylation sites (tertiary alicyclic amines) is 1. The van der Waals surface area contributed by atoms with E-state index in [0.717, 1.165) is 30.8 Å². The number of carbonyl (C=O) groups is 1. The lowest BCUT2D eigenvalue weighted by atomic mass is 10.1. The zero-order valence-electron chi connectivity index (χ0n) is 20.2. The third-order valence-corrected chi connectivity index (χ3v) is 8.15. The van der Waals surface area contributed by atoms with Crippen molar-refractivity contribution in [3.05, 3.63) is 95.6 Å². The molecule has 0 saturated carbocycles. The Morgan fingerprint density at radius 3 is 2.20 bits per heavy atom. The smallest absolute Gasteiger partial charge is 0.264 e. The molecule has 1 amide bonds. The summed E-state index contributed by atoms with van der Waals surface area (Å²) < 4.78 is 28.3. The van der Waals surface area contributed by atoms with Gasteiger partial charge in [-0.3, -0.25) is 14.0 Å². The van der Waals surface area contributed by atoms with Crippen molar-refractivity contribution in [2.45, 2.75) is 44.2 Å². The van der Waals surface area contributed by atoms with Gasteiger partial charge in [0, 0.05) is 13.1 Å². The van der Waals surface area contributed by atoms with Crippen LogP contribution in [0.25, 0.3) is 0 Å². The maximum Gasteiger partial charge on any atom is 0.264 e. The van der Waals surface area contributed by atoms with Crippen LogP contribution >= 0.6 is 0 Å². The molecule has 0 atom stereocenters. The standard InChI is InChI=1S/C28H33N3O3S/c1-2-25-10-6-7-13-27(25)31(35(33,34)26-11-4-3-5-12-26)22-28(32)29-20-23-14-16-24(17-15-23)21-30-18-8-9-19-30/h3-7,10-17H,2,8-9,18-22H2,1H3,(H,29,32). The van der Waals surface area contributed by atoms with Crippen molar-refractivity contribution in [1.29, 1.82) is 0 Å². The van der Waals surface area contributed by atoms with Crippen LogP contribution in [0.1, 0.15) is 36.5 Å². The van der Waals surface area contributed by atoms with E-state index in [9.17, 15) is 13.2 Å². The molecule has 1 aliphatic heterocycles. The van der Waals surface area contributed by atoms with Gasteiger partial charge in [0.05, 0.1) is 10.6 Å². The maximum atomic E-state index is 13.5. The van der Waals surface area contributed by atoms with Gasteiger partial charge in [-0.15, -0.1) is 0 Å². The molecule has 184 valence electrons. The Morgan fingerprint density at radius 1 is 0.886 bits per heavy atom. The number of nitrogens with one attached hydrogen (secondary N) is 1. The third-order valence-electron chi connectivity index (χ3n) is 6.38. The van der Waals surface area contributed by atoms with E-state index in [2.05, 4.69) is 22.3 Å². The summed E-state index contributed by atoms with van der Waals surface area (Å²) in [6, 6.07) is 23.8. The zero-order chi connectivity index (χ0) is 24.7. The number of rotatable bonds is 10. The number of para-hydroxylation sites is 1. The first-order chi connectivity index (χ1) is 17.0. The van der Waals surface area contributed by atoms with Gasteiger partial charge in [-0.1, -0.05) is 67.6 Å². The minimum absolute atomic E-state index is 0.160. The second-order valence-electron chi connectivity index (χ2n) is 8.88. The van der Waals surface area contributed by atoms with Gasteiger partial charge in [0.2, 0.25) is 5.91 Å². The highest BCUT2D eigenvalue weighted by Crippen LogP contribution is 2.27. The third kappa shape index (κ3) is 6.29. The van der Waals surface area contributed by atoms with Crippen LogP contribution in [-0.4, -0.2) is 38.9 Å². The predicted octanol–water partition coefficient (Wildman–Crippen LogP) is 4.36. The Labute approximate surface area is 208 Å². The number of benzene rings is 3. The Hall–Kier alpha value is -3.16. The van der Waals surface area contributed by atoms with E-state index in [4.69, 9.17) is 0 Å². The molecule has 0 aromatic heterocycles. The second-order valence-corrected chi connectivity index (χ2v) is 10.7. The summed E-state index contributed by atoms with van der Waals surface area (Å²) in [6.07, 6.45) is 3.19. The van der Waals surface area contributed by atoms with Crippen LogP contribution in [-0.2, 0) is 34.3 Å². The van der Waals surface area contributed by atoms with Crippen molar-refractivity contribution >= 4 is 21.6 Å². The lowest BCUT2D eigenvalue weighted by molar-refractivity contribution is -0.119. The number of carbonyl (C=O) groups excluding carboxylic acids is 1. The fourth-order valence-electron chi connectivity index (χ4n) is 4.42. The summed E-state index contributed by atoms with van der Waals surface area (Å²) in [6.45, 7) is 5.29. The van der Waals surface area contributed by atoms with Gasteiger partial charge in [0.25, 0.3) is 10.0 Å². The van der Waals surface area contributed by atoms with E-state index < -0.39 is 10.0 Å². The molecular formula is C28H33N3O3S. The number of amides is 1. The van der Waals surface area contributed by atoms with Crippen molar-refractivity contribution in [2.75, 3.05) is 23.9 Å². The Bertz CT molecular complexity index is 1220.